The predicted octanol–water partition coefficient (Wildman–Crippen LogP) is 2.11. The van der Waals surface area contributed by atoms with Crippen LogP contribution in [0.2, 0.25) is 0 Å². The van der Waals surface area contributed by atoms with Gasteiger partial charge in [0, 0.05) is 25.7 Å². The molecule has 0 bridgehead atoms. The molecule has 126 valence electrons. The lowest BCUT2D eigenvalue weighted by molar-refractivity contribution is -0.137. The van der Waals surface area contributed by atoms with Crippen LogP contribution in [0.25, 0.3) is 6.08 Å². The number of benzene rings is 1. The first-order valence-corrected chi connectivity index (χ1v) is 8.10. The van der Waals surface area contributed by atoms with Gasteiger partial charge in [0.15, 0.2) is 0 Å². The number of carbonyl (C=O) groups is 1. The molecule has 1 heterocycles. The van der Waals surface area contributed by atoms with E-state index >= 15 is 0 Å². The van der Waals surface area contributed by atoms with Gasteiger partial charge in [-0.1, -0.05) is 24.3 Å². The highest BCUT2D eigenvalue weighted by molar-refractivity contribution is 5.87. The van der Waals surface area contributed by atoms with E-state index in [9.17, 15) is 4.79 Å². The molecule has 1 aliphatic rings. The molecule has 2 rings (SSSR count). The molecule has 1 aromatic carbocycles. The van der Waals surface area contributed by atoms with Crippen LogP contribution in [0, 0.1) is 0 Å². The van der Waals surface area contributed by atoms with E-state index in [2.05, 4.69) is 4.90 Å². The average Bonchev–Trinajstić information content (AvgIpc) is 2.59. The number of carbonyl (C=O) groups excluding carboxylic acids is 1. The highest BCUT2D eigenvalue weighted by Gasteiger charge is 2.09. The molecule has 0 saturated carbocycles. The van der Waals surface area contributed by atoms with Crippen LogP contribution in [0.4, 0.5) is 0 Å². The van der Waals surface area contributed by atoms with Gasteiger partial charge < -0.3 is 14.2 Å². The fraction of sp³-hybridized carbons (Fsp3) is 0.500. The fourth-order valence-corrected chi connectivity index (χ4v) is 2.38. The summed E-state index contributed by atoms with van der Waals surface area (Å²) in [4.78, 5) is 13.8. The number of esters is 1. The second kappa shape index (κ2) is 10.2. The Balaban J connectivity index is 1.79. The van der Waals surface area contributed by atoms with E-state index in [1.54, 1.807) is 13.0 Å². The van der Waals surface area contributed by atoms with E-state index in [1.807, 2.05) is 24.3 Å². The Hall–Kier alpha value is -1.69. The molecule has 0 aliphatic carbocycles. The van der Waals surface area contributed by atoms with Crippen molar-refractivity contribution >= 4 is 12.0 Å². The summed E-state index contributed by atoms with van der Waals surface area (Å²) in [7, 11) is 0. The molecule has 1 aromatic rings. The first-order valence-electron chi connectivity index (χ1n) is 8.10. The predicted molar refractivity (Wildman–Crippen MR) is 89.0 cm³/mol. The molecule has 23 heavy (non-hydrogen) atoms. The zero-order chi connectivity index (χ0) is 16.3. The molecule has 0 N–H and O–H groups in total. The van der Waals surface area contributed by atoms with Crippen LogP contribution < -0.4 is 0 Å². The Morgan fingerprint density at radius 1 is 1.30 bits per heavy atom. The summed E-state index contributed by atoms with van der Waals surface area (Å²) in [6.07, 6.45) is 3.23. The SMILES string of the molecule is CCOC(=O)/C=C/c1ccccc1COCCN1CCOCC1. The summed E-state index contributed by atoms with van der Waals surface area (Å²) in [6, 6.07) is 7.90. The third-order valence-electron chi connectivity index (χ3n) is 3.65. The topological polar surface area (TPSA) is 48.0 Å². The Labute approximate surface area is 137 Å². The van der Waals surface area contributed by atoms with Crippen LogP contribution in [0.3, 0.4) is 0 Å². The number of rotatable bonds is 8. The molecule has 0 unspecified atom stereocenters. The lowest BCUT2D eigenvalue weighted by Gasteiger charge is -2.26. The summed E-state index contributed by atoms with van der Waals surface area (Å²) in [6.45, 7) is 7.89. The Bertz CT molecular complexity index is 509. The molecule has 0 amide bonds. The molecule has 0 atom stereocenters. The number of morpholine rings is 1. The second-order valence-electron chi connectivity index (χ2n) is 5.29. The van der Waals surface area contributed by atoms with Gasteiger partial charge in [-0.05, 0) is 24.1 Å². The van der Waals surface area contributed by atoms with Crippen LogP contribution in [-0.2, 0) is 25.6 Å². The third-order valence-corrected chi connectivity index (χ3v) is 3.65. The van der Waals surface area contributed by atoms with Crippen LogP contribution >= 0.6 is 0 Å². The van der Waals surface area contributed by atoms with Gasteiger partial charge in [0.2, 0.25) is 0 Å². The van der Waals surface area contributed by atoms with E-state index in [0.29, 0.717) is 19.8 Å². The summed E-state index contributed by atoms with van der Waals surface area (Å²) in [5.41, 5.74) is 2.04. The standard InChI is InChI=1S/C18H25NO4/c1-2-23-18(20)8-7-16-5-3-4-6-17(16)15-22-14-11-19-9-12-21-13-10-19/h3-8H,2,9-15H2,1H3/b8-7+. The van der Waals surface area contributed by atoms with Gasteiger partial charge in [0.25, 0.3) is 0 Å². The molecule has 5 heteroatoms. The molecule has 1 aliphatic heterocycles. The monoisotopic (exact) mass is 319 g/mol. The smallest absolute Gasteiger partial charge is 0.330 e. The maximum absolute atomic E-state index is 11.4. The van der Waals surface area contributed by atoms with Crippen molar-refractivity contribution in [3.05, 3.63) is 41.5 Å². The first-order chi connectivity index (χ1) is 11.3. The van der Waals surface area contributed by atoms with Crippen LogP contribution in [0.15, 0.2) is 30.3 Å². The van der Waals surface area contributed by atoms with Crippen molar-refractivity contribution in [1.29, 1.82) is 0 Å². The number of nitrogens with zero attached hydrogens (tertiary/aromatic N) is 1. The largest absolute Gasteiger partial charge is 0.463 e. The van der Waals surface area contributed by atoms with Crippen LogP contribution in [0.1, 0.15) is 18.1 Å². The summed E-state index contributed by atoms with van der Waals surface area (Å²) in [5, 5.41) is 0. The van der Waals surface area contributed by atoms with Crippen molar-refractivity contribution in [3.8, 4) is 0 Å². The summed E-state index contributed by atoms with van der Waals surface area (Å²) in [5.74, 6) is -0.324. The lowest BCUT2D eigenvalue weighted by Crippen LogP contribution is -2.38. The first kappa shape index (κ1) is 17.7. The van der Waals surface area contributed by atoms with E-state index in [1.165, 1.54) is 6.08 Å². The van der Waals surface area contributed by atoms with Crippen LogP contribution in [0.5, 0.6) is 0 Å². The zero-order valence-electron chi connectivity index (χ0n) is 13.7. The molecule has 5 nitrogen and oxygen atoms in total. The van der Waals surface area contributed by atoms with E-state index < -0.39 is 0 Å². The second-order valence-corrected chi connectivity index (χ2v) is 5.29. The van der Waals surface area contributed by atoms with Gasteiger partial charge in [-0.25, -0.2) is 4.79 Å². The van der Waals surface area contributed by atoms with Crippen LogP contribution in [-0.4, -0.2) is 56.9 Å². The van der Waals surface area contributed by atoms with Crippen molar-refractivity contribution in [2.75, 3.05) is 46.1 Å². The zero-order valence-corrected chi connectivity index (χ0v) is 13.7. The van der Waals surface area contributed by atoms with E-state index in [0.717, 1.165) is 44.0 Å². The molecule has 1 fully saturated rings. The molecule has 1 saturated heterocycles. The van der Waals surface area contributed by atoms with E-state index in [4.69, 9.17) is 14.2 Å². The Morgan fingerprint density at radius 2 is 2.09 bits per heavy atom. The van der Waals surface area contributed by atoms with Crippen molar-refractivity contribution in [2.24, 2.45) is 0 Å². The quantitative estimate of drug-likeness (QED) is 0.417. The third kappa shape index (κ3) is 6.52. The maximum atomic E-state index is 11.4. The summed E-state index contributed by atoms with van der Waals surface area (Å²) < 4.78 is 16.0. The minimum Gasteiger partial charge on any atom is -0.463 e. The van der Waals surface area contributed by atoms with Gasteiger partial charge in [0.1, 0.15) is 0 Å². The normalized spacial score (nSPS) is 15.9. The number of hydrogen-bond donors (Lipinski definition) is 0. The molecule has 0 spiro atoms. The van der Waals surface area contributed by atoms with Crippen molar-refractivity contribution in [3.63, 3.8) is 0 Å². The number of ether oxygens (including phenoxy) is 3. The minimum atomic E-state index is -0.324. The molecule has 0 radical (unpaired) electrons. The highest BCUT2D eigenvalue weighted by Crippen LogP contribution is 2.12. The van der Waals surface area contributed by atoms with E-state index in [-0.39, 0.29) is 5.97 Å². The fourth-order valence-electron chi connectivity index (χ4n) is 2.38. The van der Waals surface area contributed by atoms with Gasteiger partial charge >= 0.3 is 5.97 Å². The van der Waals surface area contributed by atoms with Crippen molar-refractivity contribution in [2.45, 2.75) is 13.5 Å². The van der Waals surface area contributed by atoms with Gasteiger partial charge in [-0.3, -0.25) is 4.90 Å². The number of hydrogen-bond acceptors (Lipinski definition) is 5. The van der Waals surface area contributed by atoms with Gasteiger partial charge in [-0.2, -0.15) is 0 Å². The van der Waals surface area contributed by atoms with Gasteiger partial charge in [-0.15, -0.1) is 0 Å². The maximum Gasteiger partial charge on any atom is 0.330 e. The summed E-state index contributed by atoms with van der Waals surface area (Å²) >= 11 is 0. The van der Waals surface area contributed by atoms with Crippen molar-refractivity contribution in [1.82, 2.24) is 4.90 Å². The average molecular weight is 319 g/mol. The highest BCUT2D eigenvalue weighted by atomic mass is 16.5. The molecular weight excluding hydrogens is 294 g/mol. The van der Waals surface area contributed by atoms with Gasteiger partial charge in [0.05, 0.1) is 33.0 Å². The lowest BCUT2D eigenvalue weighted by atomic mass is 10.1. The molecule has 0 aromatic heterocycles. The Morgan fingerprint density at radius 3 is 2.87 bits per heavy atom. The minimum absolute atomic E-state index is 0.324. The Kier molecular flexibility index (Phi) is 7.80. The molecular formula is C18H25NO4. The van der Waals surface area contributed by atoms with Crippen molar-refractivity contribution < 1.29 is 19.0 Å².